The third-order valence-corrected chi connectivity index (χ3v) is 3.59. The van der Waals surface area contributed by atoms with E-state index in [1.807, 2.05) is 30.3 Å². The Morgan fingerprint density at radius 1 is 1.33 bits per heavy atom. The topological polar surface area (TPSA) is 24.5 Å². The number of para-hydroxylation sites is 1. The lowest BCUT2D eigenvalue weighted by Gasteiger charge is -2.38. The molecule has 1 heterocycles. The Balaban J connectivity index is 1.77. The summed E-state index contributed by atoms with van der Waals surface area (Å²) in [7, 11) is 0. The van der Waals surface area contributed by atoms with E-state index < -0.39 is 0 Å². The highest BCUT2D eigenvalue weighted by Crippen LogP contribution is 2.11. The number of ether oxygens (including phenoxy) is 1. The Labute approximate surface area is 110 Å². The monoisotopic (exact) mass is 248 g/mol. The lowest BCUT2D eigenvalue weighted by Crippen LogP contribution is -2.56. The van der Waals surface area contributed by atoms with E-state index >= 15 is 0 Å². The van der Waals surface area contributed by atoms with Crippen molar-refractivity contribution >= 4 is 0 Å². The van der Waals surface area contributed by atoms with Crippen molar-refractivity contribution in [3.05, 3.63) is 30.3 Å². The molecular weight excluding hydrogens is 224 g/mol. The zero-order valence-electron chi connectivity index (χ0n) is 11.4. The van der Waals surface area contributed by atoms with E-state index in [-0.39, 0.29) is 0 Å². The first-order valence-corrected chi connectivity index (χ1v) is 6.95. The molecule has 1 fully saturated rings. The van der Waals surface area contributed by atoms with Crippen LogP contribution in [-0.4, -0.2) is 43.2 Å². The van der Waals surface area contributed by atoms with Gasteiger partial charge in [-0.2, -0.15) is 0 Å². The van der Waals surface area contributed by atoms with Gasteiger partial charge in [0, 0.05) is 31.7 Å². The Hall–Kier alpha value is -1.06. The van der Waals surface area contributed by atoms with Crippen molar-refractivity contribution in [1.29, 1.82) is 0 Å². The molecular formula is C15H24N2O. The second-order valence-electron chi connectivity index (χ2n) is 5.03. The zero-order valence-corrected chi connectivity index (χ0v) is 11.4. The van der Waals surface area contributed by atoms with Gasteiger partial charge in [-0.3, -0.25) is 4.90 Å². The van der Waals surface area contributed by atoms with Gasteiger partial charge in [-0.15, -0.1) is 0 Å². The van der Waals surface area contributed by atoms with E-state index in [4.69, 9.17) is 4.74 Å². The van der Waals surface area contributed by atoms with E-state index in [0.717, 1.165) is 32.0 Å². The fourth-order valence-corrected chi connectivity index (χ4v) is 2.51. The fraction of sp³-hybridized carbons (Fsp3) is 0.600. The minimum atomic E-state index is 0.588. The van der Waals surface area contributed by atoms with Gasteiger partial charge in [0.15, 0.2) is 0 Å². The number of rotatable bonds is 5. The summed E-state index contributed by atoms with van der Waals surface area (Å²) in [5.41, 5.74) is 0. The average Bonchev–Trinajstić information content (AvgIpc) is 2.40. The number of nitrogens with zero attached hydrogens (tertiary/aromatic N) is 1. The van der Waals surface area contributed by atoms with Crippen LogP contribution < -0.4 is 10.1 Å². The van der Waals surface area contributed by atoms with Crippen LogP contribution in [0.15, 0.2) is 30.3 Å². The van der Waals surface area contributed by atoms with Gasteiger partial charge in [0.25, 0.3) is 0 Å². The Kier molecular flexibility index (Phi) is 5.02. The third-order valence-electron chi connectivity index (χ3n) is 3.59. The van der Waals surface area contributed by atoms with Crippen LogP contribution in [0.5, 0.6) is 5.75 Å². The van der Waals surface area contributed by atoms with Crippen molar-refractivity contribution in [3.63, 3.8) is 0 Å². The zero-order chi connectivity index (χ0) is 12.8. The van der Waals surface area contributed by atoms with Crippen LogP contribution in [0.1, 0.15) is 20.3 Å². The molecule has 1 aliphatic heterocycles. The molecule has 1 N–H and O–H groups in total. The van der Waals surface area contributed by atoms with Gasteiger partial charge in [-0.1, -0.05) is 25.1 Å². The summed E-state index contributed by atoms with van der Waals surface area (Å²) in [6.07, 6.45) is 1.20. The molecule has 18 heavy (non-hydrogen) atoms. The number of piperazine rings is 1. The van der Waals surface area contributed by atoms with Crippen molar-refractivity contribution in [2.45, 2.75) is 32.4 Å². The fourth-order valence-electron chi connectivity index (χ4n) is 2.51. The van der Waals surface area contributed by atoms with E-state index in [1.54, 1.807) is 0 Å². The molecule has 2 atom stereocenters. The second-order valence-corrected chi connectivity index (χ2v) is 5.03. The summed E-state index contributed by atoms with van der Waals surface area (Å²) in [6, 6.07) is 11.3. The first kappa shape index (κ1) is 13.4. The molecule has 3 nitrogen and oxygen atoms in total. The molecule has 0 radical (unpaired) electrons. The summed E-state index contributed by atoms with van der Waals surface area (Å²) in [5, 5.41) is 3.54. The largest absolute Gasteiger partial charge is 0.492 e. The summed E-state index contributed by atoms with van der Waals surface area (Å²) in [5.74, 6) is 0.966. The van der Waals surface area contributed by atoms with Crippen LogP contribution in [-0.2, 0) is 0 Å². The maximum absolute atomic E-state index is 5.77. The lowest BCUT2D eigenvalue weighted by atomic mass is 10.1. The maximum atomic E-state index is 5.77. The molecule has 3 heteroatoms. The van der Waals surface area contributed by atoms with E-state index in [1.165, 1.54) is 6.42 Å². The molecule has 0 aliphatic carbocycles. The summed E-state index contributed by atoms with van der Waals surface area (Å²) >= 11 is 0. The highest BCUT2D eigenvalue weighted by molar-refractivity contribution is 5.20. The first-order chi connectivity index (χ1) is 8.79. The number of benzene rings is 1. The van der Waals surface area contributed by atoms with Crippen molar-refractivity contribution in [1.82, 2.24) is 10.2 Å². The number of nitrogens with one attached hydrogen (secondary N) is 1. The third kappa shape index (κ3) is 3.72. The molecule has 1 saturated heterocycles. The second kappa shape index (κ2) is 6.76. The molecule has 0 spiro atoms. The molecule has 0 bridgehead atoms. The van der Waals surface area contributed by atoms with Gasteiger partial charge in [-0.05, 0) is 25.5 Å². The summed E-state index contributed by atoms with van der Waals surface area (Å²) in [6.45, 7) is 8.51. The van der Waals surface area contributed by atoms with E-state index in [0.29, 0.717) is 12.1 Å². The lowest BCUT2D eigenvalue weighted by molar-refractivity contribution is 0.111. The standard InChI is InChI=1S/C15H24N2O/c1-3-14-11-16-13(2)12-17(14)9-10-18-15-7-5-4-6-8-15/h4-8,13-14,16H,3,9-12H2,1-2H3. The predicted octanol–water partition coefficient (Wildman–Crippen LogP) is 2.14. The Morgan fingerprint density at radius 2 is 2.11 bits per heavy atom. The van der Waals surface area contributed by atoms with Gasteiger partial charge in [0.05, 0.1) is 0 Å². The van der Waals surface area contributed by atoms with Crippen molar-refractivity contribution in [2.24, 2.45) is 0 Å². The molecule has 0 saturated carbocycles. The SMILES string of the molecule is CCC1CNC(C)CN1CCOc1ccccc1. The summed E-state index contributed by atoms with van der Waals surface area (Å²) < 4.78 is 5.77. The molecule has 0 amide bonds. The average molecular weight is 248 g/mol. The van der Waals surface area contributed by atoms with Gasteiger partial charge < -0.3 is 10.1 Å². The molecule has 1 aromatic carbocycles. The highest BCUT2D eigenvalue weighted by Gasteiger charge is 2.23. The molecule has 1 aromatic rings. The van der Waals surface area contributed by atoms with Crippen molar-refractivity contribution in [2.75, 3.05) is 26.2 Å². The number of hydrogen-bond donors (Lipinski definition) is 1. The first-order valence-electron chi connectivity index (χ1n) is 6.95. The Bertz CT molecular complexity index is 342. The molecule has 1 aliphatic rings. The van der Waals surface area contributed by atoms with E-state index in [9.17, 15) is 0 Å². The predicted molar refractivity (Wildman–Crippen MR) is 75.1 cm³/mol. The van der Waals surface area contributed by atoms with Crippen LogP contribution in [0.4, 0.5) is 0 Å². The van der Waals surface area contributed by atoms with Crippen LogP contribution in [0.25, 0.3) is 0 Å². The minimum Gasteiger partial charge on any atom is -0.492 e. The molecule has 0 aromatic heterocycles. The van der Waals surface area contributed by atoms with E-state index in [2.05, 4.69) is 24.1 Å². The van der Waals surface area contributed by atoms with Crippen LogP contribution in [0.3, 0.4) is 0 Å². The quantitative estimate of drug-likeness (QED) is 0.864. The maximum Gasteiger partial charge on any atom is 0.119 e. The minimum absolute atomic E-state index is 0.588. The van der Waals surface area contributed by atoms with Crippen LogP contribution in [0, 0.1) is 0 Å². The van der Waals surface area contributed by atoms with Gasteiger partial charge in [0.1, 0.15) is 12.4 Å². The number of hydrogen-bond acceptors (Lipinski definition) is 3. The van der Waals surface area contributed by atoms with Gasteiger partial charge >= 0.3 is 0 Å². The van der Waals surface area contributed by atoms with Crippen molar-refractivity contribution in [3.8, 4) is 5.75 Å². The van der Waals surface area contributed by atoms with Crippen molar-refractivity contribution < 1.29 is 4.74 Å². The highest BCUT2D eigenvalue weighted by atomic mass is 16.5. The Morgan fingerprint density at radius 3 is 2.83 bits per heavy atom. The molecule has 2 rings (SSSR count). The van der Waals surface area contributed by atoms with Gasteiger partial charge in [-0.25, -0.2) is 0 Å². The summed E-state index contributed by atoms with van der Waals surface area (Å²) in [4.78, 5) is 2.55. The molecule has 100 valence electrons. The van der Waals surface area contributed by atoms with Crippen LogP contribution >= 0.6 is 0 Å². The van der Waals surface area contributed by atoms with Gasteiger partial charge in [0.2, 0.25) is 0 Å². The van der Waals surface area contributed by atoms with Crippen LogP contribution in [0.2, 0.25) is 0 Å². The molecule has 2 unspecified atom stereocenters. The normalized spacial score (nSPS) is 25.0. The smallest absolute Gasteiger partial charge is 0.119 e.